The molecular formula is C13H18N2O2. The molecule has 1 saturated heterocycles. The van der Waals surface area contributed by atoms with Gasteiger partial charge in [-0.1, -0.05) is 35.0 Å². The molecular weight excluding hydrogens is 216 g/mol. The topological polar surface area (TPSA) is 45.1 Å². The summed E-state index contributed by atoms with van der Waals surface area (Å²) >= 11 is 0. The molecule has 0 amide bonds. The number of nitrogens with zero attached hydrogens (tertiary/aromatic N) is 2. The lowest BCUT2D eigenvalue weighted by molar-refractivity contribution is 0.0450. The fourth-order valence-electron chi connectivity index (χ4n) is 1.90. The van der Waals surface area contributed by atoms with Gasteiger partial charge >= 0.3 is 0 Å². The monoisotopic (exact) mass is 234 g/mol. The summed E-state index contributed by atoms with van der Waals surface area (Å²) < 4.78 is 5.29. The second-order valence-electron chi connectivity index (χ2n) is 4.30. The molecule has 0 spiro atoms. The number of rotatable bonds is 3. The number of aryl methyl sites for hydroxylation is 1. The van der Waals surface area contributed by atoms with E-state index in [1.54, 1.807) is 0 Å². The Balaban J connectivity index is 2.03. The van der Waals surface area contributed by atoms with Crippen LogP contribution in [0.3, 0.4) is 0 Å². The van der Waals surface area contributed by atoms with Crippen LogP contribution in [0.5, 0.6) is 0 Å². The minimum absolute atomic E-state index is 0.670. The molecule has 17 heavy (non-hydrogen) atoms. The van der Waals surface area contributed by atoms with E-state index in [0.717, 1.165) is 31.9 Å². The Morgan fingerprint density at radius 3 is 2.53 bits per heavy atom. The maximum absolute atomic E-state index is 9.11. The van der Waals surface area contributed by atoms with E-state index in [2.05, 4.69) is 10.1 Å². The highest BCUT2D eigenvalue weighted by atomic mass is 16.5. The van der Waals surface area contributed by atoms with Crippen LogP contribution in [0.1, 0.15) is 11.1 Å². The van der Waals surface area contributed by atoms with E-state index >= 15 is 0 Å². The number of benzene rings is 1. The van der Waals surface area contributed by atoms with Crippen LogP contribution in [-0.2, 0) is 4.74 Å². The second kappa shape index (κ2) is 5.80. The third kappa shape index (κ3) is 3.28. The van der Waals surface area contributed by atoms with Crippen LogP contribution in [0, 0.1) is 6.92 Å². The summed E-state index contributed by atoms with van der Waals surface area (Å²) in [5, 5.41) is 12.5. The molecule has 4 heteroatoms. The van der Waals surface area contributed by atoms with Crippen LogP contribution in [0.4, 0.5) is 0 Å². The summed E-state index contributed by atoms with van der Waals surface area (Å²) in [6.45, 7) is 6.01. The molecule has 1 aliphatic rings. The van der Waals surface area contributed by atoms with Crippen molar-refractivity contribution >= 4 is 5.71 Å². The number of oxime groups is 1. The highest BCUT2D eigenvalue weighted by Gasteiger charge is 2.14. The van der Waals surface area contributed by atoms with Crippen molar-refractivity contribution in [2.75, 3.05) is 32.8 Å². The first-order chi connectivity index (χ1) is 8.29. The zero-order valence-corrected chi connectivity index (χ0v) is 10.1. The standard InChI is InChI=1S/C13H18N2O2/c1-11-2-4-12(5-3-11)13(14-16)10-15-6-8-17-9-7-15/h2-5,16H,6-10H2,1H3/b14-13+. The fourth-order valence-corrected chi connectivity index (χ4v) is 1.90. The van der Waals surface area contributed by atoms with E-state index in [1.165, 1.54) is 5.56 Å². The molecule has 4 nitrogen and oxygen atoms in total. The zero-order chi connectivity index (χ0) is 12.1. The predicted molar refractivity (Wildman–Crippen MR) is 66.8 cm³/mol. The highest BCUT2D eigenvalue weighted by molar-refractivity contribution is 6.01. The lowest BCUT2D eigenvalue weighted by Crippen LogP contribution is -2.39. The lowest BCUT2D eigenvalue weighted by Gasteiger charge is -2.26. The third-order valence-electron chi connectivity index (χ3n) is 2.98. The lowest BCUT2D eigenvalue weighted by atomic mass is 10.1. The summed E-state index contributed by atoms with van der Waals surface area (Å²) in [6, 6.07) is 8.04. The van der Waals surface area contributed by atoms with Crippen LogP contribution in [0.15, 0.2) is 29.4 Å². The predicted octanol–water partition coefficient (Wildman–Crippen LogP) is 1.51. The van der Waals surface area contributed by atoms with Gasteiger partial charge < -0.3 is 9.94 Å². The smallest absolute Gasteiger partial charge is 0.101 e. The van der Waals surface area contributed by atoms with Crippen molar-refractivity contribution in [3.63, 3.8) is 0 Å². The Labute approximate surface area is 101 Å². The van der Waals surface area contributed by atoms with Crippen LogP contribution in [0.2, 0.25) is 0 Å². The van der Waals surface area contributed by atoms with Crippen molar-refractivity contribution in [2.24, 2.45) is 5.16 Å². The normalized spacial score (nSPS) is 18.3. The summed E-state index contributed by atoms with van der Waals surface area (Å²) in [7, 11) is 0. The largest absolute Gasteiger partial charge is 0.411 e. The number of hydrogen-bond acceptors (Lipinski definition) is 4. The van der Waals surface area contributed by atoms with Gasteiger partial charge in [0, 0.05) is 25.2 Å². The van der Waals surface area contributed by atoms with Crippen molar-refractivity contribution < 1.29 is 9.94 Å². The Morgan fingerprint density at radius 2 is 1.94 bits per heavy atom. The van der Waals surface area contributed by atoms with Crippen LogP contribution in [-0.4, -0.2) is 48.7 Å². The average molecular weight is 234 g/mol. The SMILES string of the molecule is Cc1ccc(/C(CN2CCOCC2)=N/O)cc1. The maximum atomic E-state index is 9.11. The van der Waals surface area contributed by atoms with Crippen molar-refractivity contribution in [1.82, 2.24) is 4.90 Å². The first-order valence-corrected chi connectivity index (χ1v) is 5.87. The van der Waals surface area contributed by atoms with Gasteiger partial charge in [0.2, 0.25) is 0 Å². The minimum Gasteiger partial charge on any atom is -0.411 e. The summed E-state index contributed by atoms with van der Waals surface area (Å²) in [5.74, 6) is 0. The number of morpholine rings is 1. The Hall–Kier alpha value is -1.39. The van der Waals surface area contributed by atoms with Crippen molar-refractivity contribution in [2.45, 2.75) is 6.92 Å². The molecule has 1 aromatic carbocycles. The molecule has 0 aromatic heterocycles. The number of ether oxygens (including phenoxy) is 1. The first kappa shape index (κ1) is 12.1. The molecule has 0 saturated carbocycles. The van der Waals surface area contributed by atoms with E-state index in [9.17, 15) is 0 Å². The zero-order valence-electron chi connectivity index (χ0n) is 10.1. The van der Waals surface area contributed by atoms with E-state index in [1.807, 2.05) is 31.2 Å². The van der Waals surface area contributed by atoms with Gasteiger partial charge in [0.05, 0.1) is 13.2 Å². The van der Waals surface area contributed by atoms with Gasteiger partial charge in [-0.2, -0.15) is 0 Å². The molecule has 1 fully saturated rings. The minimum atomic E-state index is 0.670. The van der Waals surface area contributed by atoms with Gasteiger partial charge in [-0.3, -0.25) is 4.90 Å². The molecule has 1 heterocycles. The van der Waals surface area contributed by atoms with Crippen molar-refractivity contribution in [3.8, 4) is 0 Å². The van der Waals surface area contributed by atoms with E-state index in [4.69, 9.17) is 9.94 Å². The molecule has 92 valence electrons. The van der Waals surface area contributed by atoms with E-state index in [-0.39, 0.29) is 0 Å². The molecule has 1 N–H and O–H groups in total. The van der Waals surface area contributed by atoms with Gasteiger partial charge in [0.25, 0.3) is 0 Å². The molecule has 1 aliphatic heterocycles. The summed E-state index contributed by atoms with van der Waals surface area (Å²) in [4.78, 5) is 2.23. The average Bonchev–Trinajstić information content (AvgIpc) is 2.38. The van der Waals surface area contributed by atoms with Gasteiger partial charge in [-0.25, -0.2) is 0 Å². The molecule has 0 atom stereocenters. The quantitative estimate of drug-likeness (QED) is 0.490. The molecule has 0 radical (unpaired) electrons. The summed E-state index contributed by atoms with van der Waals surface area (Å²) in [5.41, 5.74) is 2.90. The second-order valence-corrected chi connectivity index (χ2v) is 4.30. The summed E-state index contributed by atoms with van der Waals surface area (Å²) in [6.07, 6.45) is 0. The van der Waals surface area contributed by atoms with Gasteiger partial charge in [-0.05, 0) is 6.92 Å². The van der Waals surface area contributed by atoms with Gasteiger partial charge in [-0.15, -0.1) is 0 Å². The van der Waals surface area contributed by atoms with Crippen molar-refractivity contribution in [1.29, 1.82) is 0 Å². The van der Waals surface area contributed by atoms with E-state index < -0.39 is 0 Å². The van der Waals surface area contributed by atoms with E-state index in [0.29, 0.717) is 12.3 Å². The molecule has 1 aromatic rings. The van der Waals surface area contributed by atoms with Crippen LogP contribution >= 0.6 is 0 Å². The maximum Gasteiger partial charge on any atom is 0.101 e. The molecule has 0 bridgehead atoms. The highest BCUT2D eigenvalue weighted by Crippen LogP contribution is 2.07. The van der Waals surface area contributed by atoms with Crippen LogP contribution in [0.25, 0.3) is 0 Å². The molecule has 0 unspecified atom stereocenters. The van der Waals surface area contributed by atoms with Gasteiger partial charge in [0.15, 0.2) is 0 Å². The van der Waals surface area contributed by atoms with Crippen LogP contribution < -0.4 is 0 Å². The Kier molecular flexibility index (Phi) is 4.12. The third-order valence-corrected chi connectivity index (χ3v) is 2.98. The Morgan fingerprint density at radius 1 is 1.29 bits per heavy atom. The number of hydrogen-bond donors (Lipinski definition) is 1. The fraction of sp³-hybridized carbons (Fsp3) is 0.462. The van der Waals surface area contributed by atoms with Gasteiger partial charge in [0.1, 0.15) is 5.71 Å². The van der Waals surface area contributed by atoms with Crippen molar-refractivity contribution in [3.05, 3.63) is 35.4 Å². The molecule has 0 aliphatic carbocycles. The Bertz CT molecular complexity index is 381. The molecule has 2 rings (SSSR count). The first-order valence-electron chi connectivity index (χ1n) is 5.87.